The molecule has 20 heavy (non-hydrogen) atoms. The maximum Gasteiger partial charge on any atom is 0.238 e. The molecule has 2 heterocycles. The molecule has 102 valence electrons. The molecule has 0 saturated carbocycles. The summed E-state index contributed by atoms with van der Waals surface area (Å²) in [5, 5.41) is 7.24. The minimum atomic E-state index is 0.501. The second-order valence-electron chi connectivity index (χ2n) is 4.39. The van der Waals surface area contributed by atoms with E-state index < -0.39 is 0 Å². The van der Waals surface area contributed by atoms with Gasteiger partial charge in [-0.15, -0.1) is 0 Å². The van der Waals surface area contributed by atoms with Crippen molar-refractivity contribution in [3.8, 4) is 11.6 Å². The molecule has 2 aromatic heterocycles. The van der Waals surface area contributed by atoms with Crippen LogP contribution in [0.5, 0.6) is 0 Å². The maximum atomic E-state index is 5.22. The Labute approximate surface area is 116 Å². The van der Waals surface area contributed by atoms with Crippen LogP contribution < -0.4 is 5.32 Å². The molecule has 0 fully saturated rings. The highest BCUT2D eigenvalue weighted by Crippen LogP contribution is 2.16. The molecule has 3 rings (SSSR count). The predicted octanol–water partition coefficient (Wildman–Crippen LogP) is 3.37. The largest absolute Gasteiger partial charge is 0.461 e. The fourth-order valence-electron chi connectivity index (χ4n) is 1.89. The quantitative estimate of drug-likeness (QED) is 0.695. The molecule has 0 atom stereocenters. The molecule has 0 aliphatic carbocycles. The molecule has 0 amide bonds. The first kappa shape index (κ1) is 12.5. The number of rotatable bonds is 6. The Morgan fingerprint density at radius 1 is 1.05 bits per heavy atom. The Kier molecular flexibility index (Phi) is 3.78. The van der Waals surface area contributed by atoms with E-state index in [1.54, 1.807) is 12.3 Å². The number of nitrogens with one attached hydrogen (secondary N) is 1. The van der Waals surface area contributed by atoms with Gasteiger partial charge in [-0.05, 0) is 30.7 Å². The number of anilines is 1. The smallest absolute Gasteiger partial charge is 0.238 e. The Hall–Kier alpha value is -2.56. The van der Waals surface area contributed by atoms with Crippen LogP contribution in [0.2, 0.25) is 0 Å². The van der Waals surface area contributed by atoms with Gasteiger partial charge < -0.3 is 14.3 Å². The van der Waals surface area contributed by atoms with Gasteiger partial charge >= 0.3 is 0 Å². The first-order valence-corrected chi connectivity index (χ1v) is 6.57. The molecular weight excluding hydrogens is 254 g/mol. The van der Waals surface area contributed by atoms with Crippen molar-refractivity contribution >= 4 is 5.69 Å². The summed E-state index contributed by atoms with van der Waals surface area (Å²) in [6.07, 6.45) is 3.26. The number of benzene rings is 1. The minimum absolute atomic E-state index is 0.501. The molecule has 0 spiro atoms. The third-order valence-corrected chi connectivity index (χ3v) is 2.88. The molecule has 5 heteroatoms. The standard InChI is InChI=1S/C15H15N3O2/c1-2-6-12(7-3-1)16-10-4-9-14-17-15(18-20-14)13-8-5-11-19-13/h1-3,5-8,11,16H,4,9-10H2. The molecule has 0 unspecified atom stereocenters. The van der Waals surface area contributed by atoms with Crippen LogP contribution in [0, 0.1) is 0 Å². The fraction of sp³-hybridized carbons (Fsp3) is 0.200. The minimum Gasteiger partial charge on any atom is -0.461 e. The van der Waals surface area contributed by atoms with E-state index in [0.717, 1.165) is 25.1 Å². The van der Waals surface area contributed by atoms with Crippen molar-refractivity contribution in [2.45, 2.75) is 12.8 Å². The van der Waals surface area contributed by atoms with Crippen molar-refractivity contribution in [3.63, 3.8) is 0 Å². The van der Waals surface area contributed by atoms with Gasteiger partial charge in [0.25, 0.3) is 0 Å². The summed E-state index contributed by atoms with van der Waals surface area (Å²) in [4.78, 5) is 4.30. The monoisotopic (exact) mass is 269 g/mol. The zero-order chi connectivity index (χ0) is 13.6. The summed E-state index contributed by atoms with van der Waals surface area (Å²) in [7, 11) is 0. The van der Waals surface area contributed by atoms with Gasteiger partial charge in [-0.25, -0.2) is 0 Å². The van der Waals surface area contributed by atoms with E-state index >= 15 is 0 Å². The number of furan rings is 1. The van der Waals surface area contributed by atoms with Gasteiger partial charge in [0.05, 0.1) is 6.26 Å². The lowest BCUT2D eigenvalue weighted by atomic mass is 10.3. The Balaban J connectivity index is 1.47. The summed E-state index contributed by atoms with van der Waals surface area (Å²) in [5.41, 5.74) is 1.12. The second kappa shape index (κ2) is 6.06. The zero-order valence-electron chi connectivity index (χ0n) is 11.0. The molecule has 0 radical (unpaired) electrons. The van der Waals surface area contributed by atoms with Crippen molar-refractivity contribution in [2.24, 2.45) is 0 Å². The van der Waals surface area contributed by atoms with E-state index in [-0.39, 0.29) is 0 Å². The van der Waals surface area contributed by atoms with E-state index in [1.807, 2.05) is 36.4 Å². The van der Waals surface area contributed by atoms with Gasteiger partial charge in [0.1, 0.15) is 0 Å². The van der Waals surface area contributed by atoms with Gasteiger partial charge in [0.15, 0.2) is 5.76 Å². The van der Waals surface area contributed by atoms with Gasteiger partial charge in [0, 0.05) is 18.7 Å². The van der Waals surface area contributed by atoms with Crippen LogP contribution >= 0.6 is 0 Å². The van der Waals surface area contributed by atoms with E-state index in [4.69, 9.17) is 8.94 Å². The average Bonchev–Trinajstić information content (AvgIpc) is 3.15. The lowest BCUT2D eigenvalue weighted by Gasteiger charge is -2.03. The Bertz CT molecular complexity index is 632. The Morgan fingerprint density at radius 3 is 2.75 bits per heavy atom. The first-order chi connectivity index (χ1) is 9.92. The molecule has 3 aromatic rings. The van der Waals surface area contributed by atoms with Crippen molar-refractivity contribution < 1.29 is 8.94 Å². The van der Waals surface area contributed by atoms with Crippen LogP contribution in [0.1, 0.15) is 12.3 Å². The van der Waals surface area contributed by atoms with Crippen LogP contribution in [-0.2, 0) is 6.42 Å². The third kappa shape index (κ3) is 3.06. The highest BCUT2D eigenvalue weighted by atomic mass is 16.5. The third-order valence-electron chi connectivity index (χ3n) is 2.88. The van der Waals surface area contributed by atoms with Crippen molar-refractivity contribution in [1.29, 1.82) is 0 Å². The number of hydrogen-bond donors (Lipinski definition) is 1. The molecule has 5 nitrogen and oxygen atoms in total. The van der Waals surface area contributed by atoms with Crippen LogP contribution in [0.3, 0.4) is 0 Å². The van der Waals surface area contributed by atoms with E-state index in [1.165, 1.54) is 0 Å². The second-order valence-corrected chi connectivity index (χ2v) is 4.39. The predicted molar refractivity (Wildman–Crippen MR) is 75.3 cm³/mol. The highest BCUT2D eigenvalue weighted by Gasteiger charge is 2.10. The number of nitrogens with zero attached hydrogens (tertiary/aromatic N) is 2. The SMILES string of the molecule is c1ccc(NCCCc2nc(-c3ccco3)no2)cc1. The molecule has 1 N–H and O–H groups in total. The number of hydrogen-bond acceptors (Lipinski definition) is 5. The van der Waals surface area contributed by atoms with Crippen LogP contribution in [0.4, 0.5) is 5.69 Å². The van der Waals surface area contributed by atoms with Crippen molar-refractivity contribution in [3.05, 3.63) is 54.6 Å². The lowest BCUT2D eigenvalue weighted by molar-refractivity contribution is 0.376. The summed E-state index contributed by atoms with van der Waals surface area (Å²) >= 11 is 0. The van der Waals surface area contributed by atoms with Crippen LogP contribution in [-0.4, -0.2) is 16.7 Å². The summed E-state index contributed by atoms with van der Waals surface area (Å²) in [6.45, 7) is 0.864. The van der Waals surface area contributed by atoms with Gasteiger partial charge in [-0.3, -0.25) is 0 Å². The zero-order valence-corrected chi connectivity index (χ0v) is 11.0. The number of aromatic nitrogens is 2. The van der Waals surface area contributed by atoms with Crippen molar-refractivity contribution in [1.82, 2.24) is 10.1 Å². The van der Waals surface area contributed by atoms with Gasteiger partial charge in [0.2, 0.25) is 11.7 Å². The topological polar surface area (TPSA) is 64.1 Å². The summed E-state index contributed by atoms with van der Waals surface area (Å²) in [5.74, 6) is 1.76. The van der Waals surface area contributed by atoms with Gasteiger partial charge in [-0.1, -0.05) is 23.4 Å². The maximum absolute atomic E-state index is 5.22. The number of para-hydroxylation sites is 1. The molecule has 1 aromatic carbocycles. The summed E-state index contributed by atoms with van der Waals surface area (Å²) < 4.78 is 10.4. The fourth-order valence-corrected chi connectivity index (χ4v) is 1.89. The highest BCUT2D eigenvalue weighted by molar-refractivity contribution is 5.44. The molecule has 0 aliphatic rings. The molecule has 0 aliphatic heterocycles. The van der Waals surface area contributed by atoms with Gasteiger partial charge in [-0.2, -0.15) is 4.98 Å². The molecule has 0 saturated heterocycles. The molecule has 0 bridgehead atoms. The Morgan fingerprint density at radius 2 is 1.95 bits per heavy atom. The first-order valence-electron chi connectivity index (χ1n) is 6.57. The van der Waals surface area contributed by atoms with Crippen LogP contribution in [0.15, 0.2) is 57.7 Å². The summed E-state index contributed by atoms with van der Waals surface area (Å²) in [6, 6.07) is 13.7. The lowest BCUT2D eigenvalue weighted by Crippen LogP contribution is -2.02. The normalized spacial score (nSPS) is 10.6. The number of aryl methyl sites for hydroxylation is 1. The van der Waals surface area contributed by atoms with Crippen LogP contribution in [0.25, 0.3) is 11.6 Å². The van der Waals surface area contributed by atoms with E-state index in [9.17, 15) is 0 Å². The average molecular weight is 269 g/mol. The molecular formula is C15H15N3O2. The van der Waals surface area contributed by atoms with Crippen molar-refractivity contribution in [2.75, 3.05) is 11.9 Å². The van der Waals surface area contributed by atoms with E-state index in [0.29, 0.717) is 17.5 Å². The van der Waals surface area contributed by atoms with E-state index in [2.05, 4.69) is 15.5 Å².